The summed E-state index contributed by atoms with van der Waals surface area (Å²) < 4.78 is 0. The standard InChI is InChI=1S/C21H30/c1-4-6-7-11-18-13-14-21(19(16-18)9-5-2)20-12-8-10-17(3)15-20/h5,13-16,20H,2,4,6-12H2,1,3H3. The average molecular weight is 282 g/mol. The SMILES string of the molecule is C=CCc1cc(CCCCC)ccc1C1C=C(C)CCC1. The van der Waals surface area contributed by atoms with Crippen LogP contribution in [0.5, 0.6) is 0 Å². The normalized spacial score (nSPS) is 18.4. The Balaban J connectivity index is 2.20. The van der Waals surface area contributed by atoms with E-state index in [9.17, 15) is 0 Å². The Kier molecular flexibility index (Phi) is 6.29. The van der Waals surface area contributed by atoms with Crippen molar-refractivity contribution < 1.29 is 0 Å². The quantitative estimate of drug-likeness (QED) is 0.403. The highest BCUT2D eigenvalue weighted by Crippen LogP contribution is 2.33. The van der Waals surface area contributed by atoms with E-state index < -0.39 is 0 Å². The summed E-state index contributed by atoms with van der Waals surface area (Å²) in [5.41, 5.74) is 6.09. The average Bonchev–Trinajstić information content (AvgIpc) is 2.48. The van der Waals surface area contributed by atoms with Crippen molar-refractivity contribution in [2.75, 3.05) is 0 Å². The molecule has 2 rings (SSSR count). The van der Waals surface area contributed by atoms with E-state index in [1.54, 1.807) is 5.57 Å². The smallest absolute Gasteiger partial charge is 0.00235 e. The lowest BCUT2D eigenvalue weighted by atomic mass is 9.82. The van der Waals surface area contributed by atoms with Gasteiger partial charge in [-0.2, -0.15) is 0 Å². The first kappa shape index (κ1) is 16.1. The molecule has 0 fully saturated rings. The molecule has 0 saturated heterocycles. The lowest BCUT2D eigenvalue weighted by Crippen LogP contribution is -2.06. The lowest BCUT2D eigenvalue weighted by Gasteiger charge is -2.23. The topological polar surface area (TPSA) is 0 Å². The van der Waals surface area contributed by atoms with Crippen molar-refractivity contribution >= 4 is 0 Å². The second-order valence-corrected chi connectivity index (χ2v) is 6.49. The summed E-state index contributed by atoms with van der Waals surface area (Å²) in [6.07, 6.45) is 14.6. The third-order valence-corrected chi connectivity index (χ3v) is 4.61. The molecule has 0 nitrogen and oxygen atoms in total. The number of rotatable bonds is 7. The molecule has 1 aliphatic carbocycles. The molecule has 0 saturated carbocycles. The molecule has 1 unspecified atom stereocenters. The molecule has 0 spiro atoms. The molecule has 0 heterocycles. The maximum atomic E-state index is 3.95. The van der Waals surface area contributed by atoms with Gasteiger partial charge in [0.2, 0.25) is 0 Å². The zero-order valence-electron chi connectivity index (χ0n) is 13.8. The highest BCUT2D eigenvalue weighted by Gasteiger charge is 2.16. The zero-order valence-corrected chi connectivity index (χ0v) is 13.8. The van der Waals surface area contributed by atoms with E-state index in [0.29, 0.717) is 5.92 Å². The second kappa shape index (κ2) is 8.22. The fourth-order valence-corrected chi connectivity index (χ4v) is 3.44. The highest BCUT2D eigenvalue weighted by molar-refractivity contribution is 5.39. The predicted octanol–water partition coefficient (Wildman–Crippen LogP) is 6.36. The molecule has 21 heavy (non-hydrogen) atoms. The molecule has 0 heteroatoms. The highest BCUT2D eigenvalue weighted by atomic mass is 14.2. The van der Waals surface area contributed by atoms with Crippen LogP contribution < -0.4 is 0 Å². The minimum atomic E-state index is 0.624. The monoisotopic (exact) mass is 282 g/mol. The van der Waals surface area contributed by atoms with Crippen LogP contribution >= 0.6 is 0 Å². The first-order valence-corrected chi connectivity index (χ1v) is 8.64. The Morgan fingerprint density at radius 3 is 2.86 bits per heavy atom. The van der Waals surface area contributed by atoms with E-state index >= 15 is 0 Å². The summed E-state index contributed by atoms with van der Waals surface area (Å²) in [6.45, 7) is 8.49. The number of unbranched alkanes of at least 4 members (excludes halogenated alkanes) is 2. The van der Waals surface area contributed by atoms with Gasteiger partial charge in [0.25, 0.3) is 0 Å². The zero-order chi connectivity index (χ0) is 15.1. The molecule has 0 aromatic heterocycles. The van der Waals surface area contributed by atoms with Crippen molar-refractivity contribution in [2.45, 2.75) is 71.1 Å². The molecule has 0 radical (unpaired) electrons. The van der Waals surface area contributed by atoms with Crippen LogP contribution in [-0.4, -0.2) is 0 Å². The molecule has 0 N–H and O–H groups in total. The van der Waals surface area contributed by atoms with Crippen LogP contribution in [0.1, 0.15) is 75.0 Å². The van der Waals surface area contributed by atoms with Crippen LogP contribution in [0.2, 0.25) is 0 Å². The van der Waals surface area contributed by atoms with E-state index in [2.05, 4.69) is 44.7 Å². The van der Waals surface area contributed by atoms with Gasteiger partial charge in [-0.25, -0.2) is 0 Å². The second-order valence-electron chi connectivity index (χ2n) is 6.49. The molecule has 1 aliphatic rings. The summed E-state index contributed by atoms with van der Waals surface area (Å²) in [5, 5.41) is 0. The van der Waals surface area contributed by atoms with Crippen molar-refractivity contribution in [3.05, 3.63) is 59.2 Å². The minimum Gasteiger partial charge on any atom is -0.103 e. The van der Waals surface area contributed by atoms with Gasteiger partial charge in [0.1, 0.15) is 0 Å². The van der Waals surface area contributed by atoms with Crippen molar-refractivity contribution in [3.8, 4) is 0 Å². The summed E-state index contributed by atoms with van der Waals surface area (Å²) in [5.74, 6) is 0.624. The summed E-state index contributed by atoms with van der Waals surface area (Å²) in [4.78, 5) is 0. The Hall–Kier alpha value is -1.30. The maximum Gasteiger partial charge on any atom is 0.00235 e. The lowest BCUT2D eigenvalue weighted by molar-refractivity contribution is 0.629. The van der Waals surface area contributed by atoms with Crippen molar-refractivity contribution in [2.24, 2.45) is 0 Å². The maximum absolute atomic E-state index is 3.95. The van der Waals surface area contributed by atoms with E-state index in [0.717, 1.165) is 6.42 Å². The fraction of sp³-hybridized carbons (Fsp3) is 0.524. The first-order valence-electron chi connectivity index (χ1n) is 8.64. The van der Waals surface area contributed by atoms with Crippen LogP contribution in [0.3, 0.4) is 0 Å². The first-order chi connectivity index (χ1) is 10.2. The molecule has 1 aromatic rings. The van der Waals surface area contributed by atoms with Gasteiger partial charge < -0.3 is 0 Å². The molecule has 114 valence electrons. The number of hydrogen-bond donors (Lipinski definition) is 0. The number of benzene rings is 1. The van der Waals surface area contributed by atoms with Gasteiger partial charge in [-0.15, -0.1) is 6.58 Å². The number of hydrogen-bond acceptors (Lipinski definition) is 0. The van der Waals surface area contributed by atoms with Crippen LogP contribution in [0, 0.1) is 0 Å². The molecule has 1 atom stereocenters. The van der Waals surface area contributed by atoms with Gasteiger partial charge in [-0.3, -0.25) is 0 Å². The molecular weight excluding hydrogens is 252 g/mol. The van der Waals surface area contributed by atoms with Gasteiger partial charge >= 0.3 is 0 Å². The summed E-state index contributed by atoms with van der Waals surface area (Å²) in [6, 6.07) is 7.18. The molecule has 0 aliphatic heterocycles. The van der Waals surface area contributed by atoms with Crippen molar-refractivity contribution in [1.82, 2.24) is 0 Å². The number of aryl methyl sites for hydroxylation is 1. The van der Waals surface area contributed by atoms with Gasteiger partial charge in [-0.05, 0) is 62.1 Å². The van der Waals surface area contributed by atoms with Gasteiger partial charge in [0.05, 0.1) is 0 Å². The summed E-state index contributed by atoms with van der Waals surface area (Å²) >= 11 is 0. The summed E-state index contributed by atoms with van der Waals surface area (Å²) in [7, 11) is 0. The van der Waals surface area contributed by atoms with E-state index in [-0.39, 0.29) is 0 Å². The van der Waals surface area contributed by atoms with Crippen LogP contribution in [-0.2, 0) is 12.8 Å². The Morgan fingerprint density at radius 1 is 1.29 bits per heavy atom. The predicted molar refractivity (Wildman–Crippen MR) is 93.9 cm³/mol. The third kappa shape index (κ3) is 4.59. The van der Waals surface area contributed by atoms with Crippen LogP contribution in [0.25, 0.3) is 0 Å². The molecular formula is C21H30. The minimum absolute atomic E-state index is 0.624. The molecule has 0 bridgehead atoms. The van der Waals surface area contributed by atoms with E-state index in [1.807, 2.05) is 6.08 Å². The van der Waals surface area contributed by atoms with Gasteiger partial charge in [0, 0.05) is 5.92 Å². The Bertz CT molecular complexity index is 493. The van der Waals surface area contributed by atoms with Crippen LogP contribution in [0.4, 0.5) is 0 Å². The number of allylic oxidation sites excluding steroid dienone is 3. The third-order valence-electron chi connectivity index (χ3n) is 4.61. The van der Waals surface area contributed by atoms with Gasteiger partial charge in [0.15, 0.2) is 0 Å². The Morgan fingerprint density at radius 2 is 2.14 bits per heavy atom. The fourth-order valence-electron chi connectivity index (χ4n) is 3.44. The van der Waals surface area contributed by atoms with Crippen molar-refractivity contribution in [3.63, 3.8) is 0 Å². The van der Waals surface area contributed by atoms with Crippen molar-refractivity contribution in [1.29, 1.82) is 0 Å². The molecule has 0 amide bonds. The van der Waals surface area contributed by atoms with E-state index in [1.165, 1.54) is 61.6 Å². The van der Waals surface area contributed by atoms with Crippen LogP contribution in [0.15, 0.2) is 42.5 Å². The Labute approximate surface area is 131 Å². The van der Waals surface area contributed by atoms with E-state index in [4.69, 9.17) is 0 Å². The largest absolute Gasteiger partial charge is 0.103 e. The van der Waals surface area contributed by atoms with Gasteiger partial charge in [-0.1, -0.05) is 55.7 Å². The molecule has 1 aromatic carbocycles.